The molecule has 2 aromatic rings. The van der Waals surface area contributed by atoms with Gasteiger partial charge in [0.05, 0.1) is 16.2 Å². The minimum atomic E-state index is -0.410. The number of halogens is 1. The topological polar surface area (TPSA) is 54.0 Å². The van der Waals surface area contributed by atoms with E-state index in [9.17, 15) is 4.79 Å². The molecule has 6 heteroatoms. The maximum Gasteiger partial charge on any atom is 0.244 e. The number of hydrogen-bond donors (Lipinski definition) is 2. The van der Waals surface area contributed by atoms with Crippen LogP contribution < -0.4 is 10.6 Å². The smallest absolute Gasteiger partial charge is 0.244 e. The van der Waals surface area contributed by atoms with E-state index >= 15 is 0 Å². The van der Waals surface area contributed by atoms with Gasteiger partial charge in [-0.25, -0.2) is 4.98 Å². The lowest BCUT2D eigenvalue weighted by atomic mass is 9.93. The molecule has 1 aliphatic rings. The molecule has 23 heavy (non-hydrogen) atoms. The third kappa shape index (κ3) is 3.74. The SMILES string of the molecule is CCC1(C(=O)Nc2cccc(-c3csc(C)n3)c2)CCCN1.Cl. The van der Waals surface area contributed by atoms with Gasteiger partial charge in [-0.05, 0) is 44.9 Å². The van der Waals surface area contributed by atoms with Gasteiger partial charge >= 0.3 is 0 Å². The van der Waals surface area contributed by atoms with Crippen molar-refractivity contribution in [1.29, 1.82) is 0 Å². The molecule has 0 spiro atoms. The normalized spacial score (nSPS) is 20.1. The molecule has 1 aromatic carbocycles. The number of carbonyl (C=O) groups excluding carboxylic acids is 1. The van der Waals surface area contributed by atoms with Crippen LogP contribution >= 0.6 is 23.7 Å². The van der Waals surface area contributed by atoms with Crippen LogP contribution in [-0.4, -0.2) is 23.0 Å². The summed E-state index contributed by atoms with van der Waals surface area (Å²) in [6.07, 6.45) is 2.77. The first-order chi connectivity index (χ1) is 10.6. The Labute approximate surface area is 147 Å². The minimum absolute atomic E-state index is 0. The Bertz CT molecular complexity index is 680. The van der Waals surface area contributed by atoms with E-state index in [2.05, 4.69) is 22.5 Å². The van der Waals surface area contributed by atoms with E-state index in [0.717, 1.165) is 47.8 Å². The number of thiazole rings is 1. The van der Waals surface area contributed by atoms with Crippen LogP contribution in [0, 0.1) is 6.92 Å². The maximum atomic E-state index is 12.6. The summed E-state index contributed by atoms with van der Waals surface area (Å²) in [7, 11) is 0. The van der Waals surface area contributed by atoms with Crippen LogP contribution in [0.15, 0.2) is 29.6 Å². The second kappa shape index (κ2) is 7.43. The zero-order valence-corrected chi connectivity index (χ0v) is 15.0. The van der Waals surface area contributed by atoms with Crippen molar-refractivity contribution in [2.24, 2.45) is 0 Å². The molecule has 1 aromatic heterocycles. The Kier molecular flexibility index (Phi) is 5.79. The molecule has 0 radical (unpaired) electrons. The first-order valence-corrected chi connectivity index (χ1v) is 8.60. The van der Waals surface area contributed by atoms with Gasteiger partial charge in [0, 0.05) is 16.6 Å². The molecule has 0 saturated carbocycles. The fourth-order valence-corrected chi connectivity index (χ4v) is 3.59. The van der Waals surface area contributed by atoms with Crippen LogP contribution in [0.5, 0.6) is 0 Å². The van der Waals surface area contributed by atoms with Crippen LogP contribution in [0.1, 0.15) is 31.2 Å². The highest BCUT2D eigenvalue weighted by molar-refractivity contribution is 7.09. The molecule has 3 rings (SSSR count). The molecular weight excluding hydrogens is 330 g/mol. The average molecular weight is 352 g/mol. The molecule has 1 saturated heterocycles. The molecule has 1 aliphatic heterocycles. The Balaban J connectivity index is 0.00000192. The summed E-state index contributed by atoms with van der Waals surface area (Å²) in [6, 6.07) is 7.90. The summed E-state index contributed by atoms with van der Waals surface area (Å²) in [4.78, 5) is 17.1. The van der Waals surface area contributed by atoms with Gasteiger partial charge in [0.2, 0.25) is 5.91 Å². The fourth-order valence-electron chi connectivity index (χ4n) is 2.97. The second-order valence-electron chi connectivity index (χ2n) is 5.75. The first-order valence-electron chi connectivity index (χ1n) is 7.72. The number of hydrogen-bond acceptors (Lipinski definition) is 4. The number of benzene rings is 1. The Hall–Kier alpha value is -1.43. The number of rotatable bonds is 4. The van der Waals surface area contributed by atoms with Crippen LogP contribution in [-0.2, 0) is 4.79 Å². The molecule has 1 atom stereocenters. The van der Waals surface area contributed by atoms with Crippen molar-refractivity contribution in [3.63, 3.8) is 0 Å². The molecule has 0 bridgehead atoms. The molecule has 0 aliphatic carbocycles. The monoisotopic (exact) mass is 351 g/mol. The molecule has 1 fully saturated rings. The summed E-state index contributed by atoms with van der Waals surface area (Å²) < 4.78 is 0. The van der Waals surface area contributed by atoms with E-state index in [-0.39, 0.29) is 18.3 Å². The summed E-state index contributed by atoms with van der Waals surface area (Å²) >= 11 is 1.63. The van der Waals surface area contributed by atoms with E-state index in [0.29, 0.717) is 0 Å². The van der Waals surface area contributed by atoms with Gasteiger partial charge in [-0.3, -0.25) is 4.79 Å². The molecule has 2 heterocycles. The van der Waals surface area contributed by atoms with Crippen LogP contribution in [0.3, 0.4) is 0 Å². The number of aromatic nitrogens is 1. The van der Waals surface area contributed by atoms with E-state index in [1.54, 1.807) is 11.3 Å². The van der Waals surface area contributed by atoms with Crippen LogP contribution in [0.4, 0.5) is 5.69 Å². The summed E-state index contributed by atoms with van der Waals surface area (Å²) in [5.41, 5.74) is 2.41. The van der Waals surface area contributed by atoms with Crippen LogP contribution in [0.25, 0.3) is 11.3 Å². The number of carbonyl (C=O) groups is 1. The highest BCUT2D eigenvalue weighted by Crippen LogP contribution is 2.27. The Morgan fingerprint density at radius 1 is 1.48 bits per heavy atom. The predicted molar refractivity (Wildman–Crippen MR) is 98.4 cm³/mol. The fraction of sp³-hybridized carbons (Fsp3) is 0.412. The Morgan fingerprint density at radius 2 is 2.30 bits per heavy atom. The lowest BCUT2D eigenvalue weighted by Crippen LogP contribution is -2.50. The highest BCUT2D eigenvalue weighted by Gasteiger charge is 2.39. The maximum absolute atomic E-state index is 12.6. The lowest BCUT2D eigenvalue weighted by Gasteiger charge is -2.26. The van der Waals surface area contributed by atoms with Gasteiger partial charge in [0.15, 0.2) is 0 Å². The van der Waals surface area contributed by atoms with Gasteiger partial charge in [-0.1, -0.05) is 19.1 Å². The summed E-state index contributed by atoms with van der Waals surface area (Å²) in [5.74, 6) is 0.0686. The quantitative estimate of drug-likeness (QED) is 0.875. The van der Waals surface area contributed by atoms with Crippen molar-refractivity contribution in [3.8, 4) is 11.3 Å². The average Bonchev–Trinajstić information content (AvgIpc) is 3.17. The van der Waals surface area contributed by atoms with Crippen molar-refractivity contribution in [2.75, 3.05) is 11.9 Å². The van der Waals surface area contributed by atoms with Crippen molar-refractivity contribution in [1.82, 2.24) is 10.3 Å². The lowest BCUT2D eigenvalue weighted by molar-refractivity contribution is -0.122. The zero-order chi connectivity index (χ0) is 15.6. The molecule has 1 amide bonds. The van der Waals surface area contributed by atoms with Crippen molar-refractivity contribution < 1.29 is 4.79 Å². The summed E-state index contributed by atoms with van der Waals surface area (Å²) in [5, 5.41) is 9.52. The van der Waals surface area contributed by atoms with Gasteiger partial charge in [0.1, 0.15) is 0 Å². The van der Waals surface area contributed by atoms with Crippen LogP contribution in [0.2, 0.25) is 0 Å². The largest absolute Gasteiger partial charge is 0.324 e. The van der Waals surface area contributed by atoms with Gasteiger partial charge < -0.3 is 10.6 Å². The number of amides is 1. The van der Waals surface area contributed by atoms with Crippen molar-refractivity contribution >= 4 is 35.3 Å². The predicted octanol–water partition coefficient (Wildman–Crippen LogP) is 4.01. The van der Waals surface area contributed by atoms with Gasteiger partial charge in [-0.2, -0.15) is 0 Å². The highest BCUT2D eigenvalue weighted by atomic mass is 35.5. The van der Waals surface area contributed by atoms with Gasteiger partial charge in [-0.15, -0.1) is 23.7 Å². The van der Waals surface area contributed by atoms with Crippen molar-refractivity contribution in [2.45, 2.75) is 38.6 Å². The van der Waals surface area contributed by atoms with Crippen molar-refractivity contribution in [3.05, 3.63) is 34.7 Å². The van der Waals surface area contributed by atoms with E-state index in [1.807, 2.05) is 36.6 Å². The second-order valence-corrected chi connectivity index (χ2v) is 6.81. The number of nitrogens with zero attached hydrogens (tertiary/aromatic N) is 1. The number of aryl methyl sites for hydroxylation is 1. The third-order valence-electron chi connectivity index (χ3n) is 4.32. The molecule has 2 N–H and O–H groups in total. The molecule has 1 unspecified atom stereocenters. The third-order valence-corrected chi connectivity index (χ3v) is 5.09. The van der Waals surface area contributed by atoms with E-state index in [4.69, 9.17) is 0 Å². The Morgan fingerprint density at radius 3 is 2.91 bits per heavy atom. The molecular formula is C17H22ClN3OS. The molecule has 4 nitrogen and oxygen atoms in total. The summed E-state index contributed by atoms with van der Waals surface area (Å²) in [6.45, 7) is 4.97. The van der Waals surface area contributed by atoms with E-state index in [1.165, 1.54) is 0 Å². The van der Waals surface area contributed by atoms with Gasteiger partial charge in [0.25, 0.3) is 0 Å². The minimum Gasteiger partial charge on any atom is -0.324 e. The zero-order valence-electron chi connectivity index (χ0n) is 13.4. The van der Waals surface area contributed by atoms with E-state index < -0.39 is 5.54 Å². The molecule has 124 valence electrons. The number of nitrogens with one attached hydrogen (secondary N) is 2. The first kappa shape index (κ1) is 17.9. The standard InChI is InChI=1S/C17H21N3OS.ClH/c1-3-17(8-5-9-18-17)16(21)20-14-7-4-6-13(10-14)15-11-22-12(2)19-15;/h4,6-7,10-11,18H,3,5,8-9H2,1-2H3,(H,20,21);1H. The number of anilines is 1.